The van der Waals surface area contributed by atoms with Crippen molar-refractivity contribution in [2.45, 2.75) is 24.6 Å². The highest BCUT2D eigenvalue weighted by Crippen LogP contribution is 2.26. The summed E-state index contributed by atoms with van der Waals surface area (Å²) in [5, 5.41) is 12.4. The Kier molecular flexibility index (Phi) is 5.88. The second-order valence-corrected chi connectivity index (χ2v) is 7.94. The molecule has 0 aliphatic heterocycles. The van der Waals surface area contributed by atoms with Crippen LogP contribution < -0.4 is 5.32 Å². The van der Waals surface area contributed by atoms with E-state index in [1.807, 2.05) is 38.1 Å². The number of aromatic nitrogens is 3. The van der Waals surface area contributed by atoms with E-state index in [1.54, 1.807) is 0 Å². The molecule has 0 amide bonds. The molecule has 0 unspecified atom stereocenters. The SMILES string of the molecule is Cc1cc(C(=O)CSc2nnc(NCCc3ccccc3)s2)c(C)[nH]1. The number of hydrogen-bond donors (Lipinski definition) is 2. The monoisotopic (exact) mass is 372 g/mol. The molecule has 3 rings (SSSR count). The van der Waals surface area contributed by atoms with Crippen LogP contribution in [0.4, 0.5) is 5.13 Å². The topological polar surface area (TPSA) is 70.7 Å². The van der Waals surface area contributed by atoms with E-state index < -0.39 is 0 Å². The average Bonchev–Trinajstić information content (AvgIpc) is 3.19. The lowest BCUT2D eigenvalue weighted by atomic mass is 10.2. The van der Waals surface area contributed by atoms with Crippen LogP contribution in [-0.4, -0.2) is 33.3 Å². The van der Waals surface area contributed by atoms with Gasteiger partial charge in [-0.15, -0.1) is 10.2 Å². The summed E-state index contributed by atoms with van der Waals surface area (Å²) >= 11 is 2.92. The standard InChI is InChI=1S/C18H20N4OS2/c1-12-10-15(13(2)20-12)16(23)11-24-18-22-21-17(25-18)19-9-8-14-6-4-3-5-7-14/h3-7,10,20H,8-9,11H2,1-2H3,(H,19,21). The minimum Gasteiger partial charge on any atom is -0.362 e. The number of hydrogen-bond acceptors (Lipinski definition) is 6. The number of H-pyrrole nitrogens is 1. The molecule has 0 aliphatic rings. The first-order chi connectivity index (χ1) is 12.1. The summed E-state index contributed by atoms with van der Waals surface area (Å²) in [4.78, 5) is 15.4. The van der Waals surface area contributed by atoms with Crippen molar-refractivity contribution in [3.8, 4) is 0 Å². The molecule has 0 radical (unpaired) electrons. The first kappa shape index (κ1) is 17.7. The van der Waals surface area contributed by atoms with Gasteiger partial charge in [0.05, 0.1) is 5.75 Å². The number of carbonyl (C=O) groups excluding carboxylic acids is 1. The zero-order valence-corrected chi connectivity index (χ0v) is 15.8. The smallest absolute Gasteiger partial charge is 0.206 e. The van der Waals surface area contributed by atoms with Crippen molar-refractivity contribution in [1.29, 1.82) is 0 Å². The number of nitrogens with one attached hydrogen (secondary N) is 2. The molecule has 0 fully saturated rings. The fourth-order valence-electron chi connectivity index (χ4n) is 2.52. The number of rotatable bonds is 8. The van der Waals surface area contributed by atoms with Crippen LogP contribution in [-0.2, 0) is 6.42 Å². The van der Waals surface area contributed by atoms with Crippen LogP contribution in [0.2, 0.25) is 0 Å². The van der Waals surface area contributed by atoms with Gasteiger partial charge < -0.3 is 10.3 Å². The highest BCUT2D eigenvalue weighted by molar-refractivity contribution is 8.01. The molecule has 2 heterocycles. The first-order valence-electron chi connectivity index (χ1n) is 8.05. The van der Waals surface area contributed by atoms with Crippen LogP contribution in [0.25, 0.3) is 0 Å². The Morgan fingerprint density at radius 1 is 1.24 bits per heavy atom. The van der Waals surface area contributed by atoms with Gasteiger partial charge in [-0.2, -0.15) is 0 Å². The highest BCUT2D eigenvalue weighted by Gasteiger charge is 2.13. The number of Topliss-reactive ketones (excluding diaryl/α,β-unsaturated/α-hetero) is 1. The van der Waals surface area contributed by atoms with Gasteiger partial charge in [-0.05, 0) is 31.9 Å². The number of ketones is 1. The Bertz CT molecular complexity index is 842. The van der Waals surface area contributed by atoms with Crippen molar-refractivity contribution in [2.75, 3.05) is 17.6 Å². The summed E-state index contributed by atoms with van der Waals surface area (Å²) in [5.74, 6) is 0.484. The fraction of sp³-hybridized carbons (Fsp3) is 0.278. The van der Waals surface area contributed by atoms with Gasteiger partial charge in [0.1, 0.15) is 0 Å². The van der Waals surface area contributed by atoms with E-state index in [9.17, 15) is 4.79 Å². The maximum absolute atomic E-state index is 12.3. The van der Waals surface area contributed by atoms with Gasteiger partial charge in [0.15, 0.2) is 10.1 Å². The predicted octanol–water partition coefficient (Wildman–Crippen LogP) is 4.11. The quantitative estimate of drug-likeness (QED) is 0.460. The number of anilines is 1. The van der Waals surface area contributed by atoms with Crippen molar-refractivity contribution in [3.05, 3.63) is 58.9 Å². The fourth-order valence-corrected chi connectivity index (χ4v) is 4.18. The normalized spacial score (nSPS) is 10.8. The van der Waals surface area contributed by atoms with Gasteiger partial charge in [-0.1, -0.05) is 53.4 Å². The Labute approximate surface area is 155 Å². The van der Waals surface area contributed by atoms with Crippen molar-refractivity contribution in [3.63, 3.8) is 0 Å². The van der Waals surface area contributed by atoms with Crippen LogP contribution in [0, 0.1) is 13.8 Å². The molecule has 0 spiro atoms. The van der Waals surface area contributed by atoms with E-state index in [2.05, 4.69) is 32.6 Å². The maximum atomic E-state index is 12.3. The molecule has 1 aromatic carbocycles. The van der Waals surface area contributed by atoms with Crippen molar-refractivity contribution in [1.82, 2.24) is 15.2 Å². The van der Waals surface area contributed by atoms with Gasteiger partial charge in [0.2, 0.25) is 5.13 Å². The molecule has 2 aromatic heterocycles. The Morgan fingerprint density at radius 2 is 2.04 bits per heavy atom. The molecule has 25 heavy (non-hydrogen) atoms. The highest BCUT2D eigenvalue weighted by atomic mass is 32.2. The maximum Gasteiger partial charge on any atom is 0.206 e. The van der Waals surface area contributed by atoms with Crippen LogP contribution in [0.3, 0.4) is 0 Å². The van der Waals surface area contributed by atoms with Crippen molar-refractivity contribution in [2.24, 2.45) is 0 Å². The van der Waals surface area contributed by atoms with E-state index in [0.29, 0.717) is 5.75 Å². The van der Waals surface area contributed by atoms with Crippen LogP contribution >= 0.6 is 23.1 Å². The van der Waals surface area contributed by atoms with Crippen LogP contribution in [0.15, 0.2) is 40.7 Å². The number of carbonyl (C=O) groups is 1. The summed E-state index contributed by atoms with van der Waals surface area (Å²) in [7, 11) is 0. The molecule has 130 valence electrons. The summed E-state index contributed by atoms with van der Waals surface area (Å²) < 4.78 is 0.806. The molecule has 0 atom stereocenters. The molecule has 0 saturated heterocycles. The Balaban J connectivity index is 1.47. The third kappa shape index (κ3) is 4.93. The number of aryl methyl sites for hydroxylation is 2. The van der Waals surface area contributed by atoms with E-state index >= 15 is 0 Å². The molecular formula is C18H20N4OS2. The minimum atomic E-state index is 0.112. The lowest BCUT2D eigenvalue weighted by Gasteiger charge is -2.01. The number of nitrogens with zero attached hydrogens (tertiary/aromatic N) is 2. The van der Waals surface area contributed by atoms with Gasteiger partial charge in [0, 0.05) is 23.5 Å². The summed E-state index contributed by atoms with van der Waals surface area (Å²) in [6, 6.07) is 12.2. The molecular weight excluding hydrogens is 352 g/mol. The number of benzene rings is 1. The van der Waals surface area contributed by atoms with Gasteiger partial charge in [0.25, 0.3) is 0 Å². The molecule has 7 heteroatoms. The van der Waals surface area contributed by atoms with Crippen LogP contribution in [0.5, 0.6) is 0 Å². The predicted molar refractivity (Wildman–Crippen MR) is 104 cm³/mol. The summed E-state index contributed by atoms with van der Waals surface area (Å²) in [6.07, 6.45) is 0.938. The zero-order valence-electron chi connectivity index (χ0n) is 14.2. The molecule has 3 aromatic rings. The number of aromatic amines is 1. The Hall–Kier alpha value is -2.12. The summed E-state index contributed by atoms with van der Waals surface area (Å²) in [5.41, 5.74) is 3.97. The van der Waals surface area contributed by atoms with E-state index in [0.717, 1.165) is 39.4 Å². The lowest BCUT2D eigenvalue weighted by molar-refractivity contribution is 0.102. The second kappa shape index (κ2) is 8.31. The molecule has 5 nitrogen and oxygen atoms in total. The van der Waals surface area contributed by atoms with E-state index in [4.69, 9.17) is 0 Å². The first-order valence-corrected chi connectivity index (χ1v) is 9.85. The molecule has 2 N–H and O–H groups in total. The average molecular weight is 373 g/mol. The third-order valence-electron chi connectivity index (χ3n) is 3.72. The largest absolute Gasteiger partial charge is 0.362 e. The molecule has 0 bridgehead atoms. The Morgan fingerprint density at radius 3 is 2.76 bits per heavy atom. The van der Waals surface area contributed by atoms with Crippen molar-refractivity contribution < 1.29 is 4.79 Å². The third-order valence-corrected chi connectivity index (χ3v) is 5.73. The minimum absolute atomic E-state index is 0.112. The van der Waals surface area contributed by atoms with Crippen molar-refractivity contribution >= 4 is 34.0 Å². The molecule has 0 aliphatic carbocycles. The zero-order chi connectivity index (χ0) is 17.6. The number of thioether (sulfide) groups is 1. The summed E-state index contributed by atoms with van der Waals surface area (Å²) in [6.45, 7) is 4.68. The van der Waals surface area contributed by atoms with Gasteiger partial charge in [-0.3, -0.25) is 4.79 Å². The lowest BCUT2D eigenvalue weighted by Crippen LogP contribution is -2.04. The van der Waals surface area contributed by atoms with Gasteiger partial charge in [-0.25, -0.2) is 0 Å². The molecule has 0 saturated carbocycles. The van der Waals surface area contributed by atoms with Gasteiger partial charge >= 0.3 is 0 Å². The van der Waals surface area contributed by atoms with Crippen LogP contribution in [0.1, 0.15) is 27.3 Å². The van der Waals surface area contributed by atoms with E-state index in [1.165, 1.54) is 28.7 Å². The second-order valence-electron chi connectivity index (χ2n) is 5.74. The van der Waals surface area contributed by atoms with E-state index in [-0.39, 0.29) is 5.78 Å².